The summed E-state index contributed by atoms with van der Waals surface area (Å²) in [7, 11) is -2.85. The summed E-state index contributed by atoms with van der Waals surface area (Å²) in [5.41, 5.74) is 3.48. The molecule has 0 fully saturated rings. The molecule has 4 rings (SSSR count). The molecule has 0 atom stereocenters. The summed E-state index contributed by atoms with van der Waals surface area (Å²) in [6.45, 7) is 0. The third-order valence-electron chi connectivity index (χ3n) is 4.59. The highest BCUT2D eigenvalue weighted by Gasteiger charge is 2.07. The lowest BCUT2D eigenvalue weighted by atomic mass is 10.1. The van der Waals surface area contributed by atoms with Crippen molar-refractivity contribution < 1.29 is 33.4 Å². The van der Waals surface area contributed by atoms with Gasteiger partial charge >= 0.3 is 0 Å². The number of halogens is 1. The van der Waals surface area contributed by atoms with Crippen molar-refractivity contribution in [2.24, 2.45) is 7.05 Å². The minimum absolute atomic E-state index is 1.09. The monoisotopic (exact) mass is 436 g/mol. The van der Waals surface area contributed by atoms with E-state index in [2.05, 4.69) is 108 Å². The first-order valence-electron chi connectivity index (χ1n) is 9.39. The summed E-state index contributed by atoms with van der Waals surface area (Å²) in [5, 5.41) is 7.08. The molecule has 0 saturated heterocycles. The molecule has 0 saturated carbocycles. The molecule has 0 amide bonds. The maximum Gasteiger partial charge on any atom is 0.212 e. The summed E-state index contributed by atoms with van der Waals surface area (Å²) < 4.78 is 36.2. The highest BCUT2D eigenvalue weighted by atomic mass is 35.7. The van der Waals surface area contributed by atoms with Crippen LogP contribution >= 0.6 is 0 Å². The van der Waals surface area contributed by atoms with Crippen molar-refractivity contribution in [2.75, 3.05) is 5.32 Å². The largest absolute Gasteiger partial charge is 0.362 e. The van der Waals surface area contributed by atoms with Crippen molar-refractivity contribution in [1.29, 1.82) is 0 Å². The third kappa shape index (κ3) is 6.89. The molecule has 0 aliphatic rings. The van der Waals surface area contributed by atoms with Gasteiger partial charge in [-0.2, -0.15) is 4.57 Å². The van der Waals surface area contributed by atoms with E-state index in [4.69, 9.17) is 18.6 Å². The van der Waals surface area contributed by atoms with E-state index in [9.17, 15) is 0 Å². The van der Waals surface area contributed by atoms with Gasteiger partial charge in [-0.25, -0.2) is 18.6 Å². The van der Waals surface area contributed by atoms with Crippen molar-refractivity contribution in [3.05, 3.63) is 103 Å². The molecule has 7 heteroatoms. The Hall–Kier alpha value is -3.26. The molecular weight excluding hydrogens is 416 g/mol. The molecule has 0 aliphatic heterocycles. The predicted octanol–water partition coefficient (Wildman–Crippen LogP) is 0.700. The lowest BCUT2D eigenvalue weighted by molar-refractivity contribution is -2.00. The minimum Gasteiger partial charge on any atom is -0.362 e. The normalized spacial score (nSPS) is 11.8. The van der Waals surface area contributed by atoms with E-state index in [-0.39, 0.29) is 0 Å². The standard InChI is InChI=1S/C24H20N2.ClHO4/c1-26-23(16-14-20-9-4-5-12-24(20)26)11-6-7-17-25-22-15-13-19-8-2-3-10-21(19)18-22;2-1(3,4)5/h2-18H,1H3;(H,2,3,4,5). The van der Waals surface area contributed by atoms with Gasteiger partial charge in [0, 0.05) is 35.5 Å². The number of para-hydroxylation sites is 1. The zero-order chi connectivity index (χ0) is 22.3. The number of nitrogens with zero attached hydrogens (tertiary/aromatic N) is 1. The summed E-state index contributed by atoms with van der Waals surface area (Å²) in [6.07, 6.45) is 8.15. The fourth-order valence-electron chi connectivity index (χ4n) is 3.16. The average molecular weight is 437 g/mol. The van der Waals surface area contributed by atoms with Crippen LogP contribution in [0.4, 0.5) is 5.69 Å². The smallest absolute Gasteiger partial charge is 0.212 e. The molecule has 1 heterocycles. The van der Waals surface area contributed by atoms with Crippen LogP contribution in [-0.4, -0.2) is 0 Å². The lowest BCUT2D eigenvalue weighted by Crippen LogP contribution is -2.68. The molecule has 0 aliphatic carbocycles. The topological polar surface area (TPSA) is 108 Å². The highest BCUT2D eigenvalue weighted by Crippen LogP contribution is 2.18. The van der Waals surface area contributed by atoms with Crippen LogP contribution in [-0.2, 0) is 7.05 Å². The van der Waals surface area contributed by atoms with Crippen molar-refractivity contribution in [2.45, 2.75) is 0 Å². The Labute approximate surface area is 182 Å². The van der Waals surface area contributed by atoms with Crippen molar-refractivity contribution in [3.8, 4) is 0 Å². The van der Waals surface area contributed by atoms with Crippen LogP contribution in [0.1, 0.15) is 5.69 Å². The molecule has 158 valence electrons. The number of fused-ring (bicyclic) bond motifs is 2. The van der Waals surface area contributed by atoms with Crippen molar-refractivity contribution >= 4 is 33.4 Å². The maximum atomic E-state index is 8.49. The van der Waals surface area contributed by atoms with Gasteiger partial charge < -0.3 is 5.32 Å². The molecule has 1 N–H and O–H groups in total. The van der Waals surface area contributed by atoms with Gasteiger partial charge in [-0.15, -0.1) is 10.2 Å². The van der Waals surface area contributed by atoms with Gasteiger partial charge in [0.25, 0.3) is 0 Å². The molecule has 0 bridgehead atoms. The van der Waals surface area contributed by atoms with Crippen LogP contribution in [0.5, 0.6) is 0 Å². The van der Waals surface area contributed by atoms with E-state index < -0.39 is 10.2 Å². The van der Waals surface area contributed by atoms with Crippen molar-refractivity contribution in [3.63, 3.8) is 0 Å². The van der Waals surface area contributed by atoms with E-state index >= 15 is 0 Å². The Morgan fingerprint density at radius 3 is 2.10 bits per heavy atom. The van der Waals surface area contributed by atoms with Crippen LogP contribution in [0, 0.1) is 10.2 Å². The van der Waals surface area contributed by atoms with Gasteiger partial charge in [0.1, 0.15) is 7.05 Å². The first-order chi connectivity index (χ1) is 14.8. The Morgan fingerprint density at radius 2 is 1.35 bits per heavy atom. The molecule has 0 unspecified atom stereocenters. The summed E-state index contributed by atoms with van der Waals surface area (Å²) in [4.78, 5) is 0. The number of rotatable bonds is 4. The Kier molecular flexibility index (Phi) is 7.36. The van der Waals surface area contributed by atoms with Gasteiger partial charge in [-0.05, 0) is 41.1 Å². The SMILES string of the molecule is C[n+]1c(/C=C/C=C/Nc2ccc3ccccc3c2)ccc2ccccc21.[O-][Cl+3]([O-])([O-])[O-]. The molecule has 4 aromatic rings. The number of allylic oxidation sites excluding steroid dienone is 2. The quantitative estimate of drug-likeness (QED) is 0.374. The van der Waals surface area contributed by atoms with Crippen LogP contribution in [0.3, 0.4) is 0 Å². The van der Waals surface area contributed by atoms with Crippen LogP contribution < -0.4 is 28.5 Å². The van der Waals surface area contributed by atoms with Gasteiger partial charge in [0.2, 0.25) is 11.2 Å². The van der Waals surface area contributed by atoms with Crippen LogP contribution in [0.15, 0.2) is 97.2 Å². The minimum atomic E-state index is -4.94. The first kappa shape index (κ1) is 22.4. The maximum absolute atomic E-state index is 8.49. The molecular formula is C24H21ClN2O4. The summed E-state index contributed by atoms with van der Waals surface area (Å²) >= 11 is 0. The second-order valence-corrected chi connectivity index (χ2v) is 7.43. The molecule has 0 spiro atoms. The van der Waals surface area contributed by atoms with Gasteiger partial charge in [0.15, 0.2) is 0 Å². The molecule has 31 heavy (non-hydrogen) atoms. The number of nitrogens with one attached hydrogen (secondary N) is 1. The second kappa shape index (κ2) is 10.2. The van der Waals surface area contributed by atoms with Gasteiger partial charge in [-0.3, -0.25) is 0 Å². The lowest BCUT2D eigenvalue weighted by Gasteiger charge is -2.17. The van der Waals surface area contributed by atoms with E-state index in [1.165, 1.54) is 27.4 Å². The fraction of sp³-hybridized carbons (Fsp3) is 0.0417. The van der Waals surface area contributed by atoms with E-state index in [1.807, 2.05) is 12.3 Å². The van der Waals surface area contributed by atoms with Gasteiger partial charge in [0.05, 0.1) is 0 Å². The summed E-state index contributed by atoms with van der Waals surface area (Å²) in [5.74, 6) is 0. The zero-order valence-corrected chi connectivity index (χ0v) is 17.5. The number of hydrogen-bond donors (Lipinski definition) is 1. The number of pyridine rings is 1. The highest BCUT2D eigenvalue weighted by molar-refractivity contribution is 5.85. The number of aryl methyl sites for hydroxylation is 1. The van der Waals surface area contributed by atoms with Crippen LogP contribution in [0.25, 0.3) is 27.8 Å². The molecule has 1 aromatic heterocycles. The zero-order valence-electron chi connectivity index (χ0n) is 16.8. The molecule has 0 radical (unpaired) electrons. The van der Waals surface area contributed by atoms with E-state index in [0.717, 1.165) is 5.69 Å². The first-order valence-corrected chi connectivity index (χ1v) is 10.6. The summed E-state index contributed by atoms with van der Waals surface area (Å²) in [6, 6.07) is 27.5. The second-order valence-electron chi connectivity index (χ2n) is 6.68. The van der Waals surface area contributed by atoms with Crippen LogP contribution in [0.2, 0.25) is 0 Å². The van der Waals surface area contributed by atoms with Gasteiger partial charge in [-0.1, -0.05) is 48.5 Å². The molecule has 3 aromatic carbocycles. The number of anilines is 1. The number of aromatic nitrogens is 1. The predicted molar refractivity (Wildman–Crippen MR) is 111 cm³/mol. The van der Waals surface area contributed by atoms with E-state index in [0.29, 0.717) is 0 Å². The third-order valence-corrected chi connectivity index (χ3v) is 4.59. The van der Waals surface area contributed by atoms with E-state index in [1.54, 1.807) is 0 Å². The number of benzene rings is 3. The Bertz CT molecular complexity index is 1230. The Morgan fingerprint density at radius 1 is 0.742 bits per heavy atom. The Balaban J connectivity index is 0.000000491. The fourth-order valence-corrected chi connectivity index (χ4v) is 3.16. The van der Waals surface area contributed by atoms with Crippen molar-refractivity contribution in [1.82, 2.24) is 0 Å². The number of hydrogen-bond acceptors (Lipinski definition) is 5. The average Bonchev–Trinajstić information content (AvgIpc) is 2.74. The molecule has 6 nitrogen and oxygen atoms in total.